The van der Waals surface area contributed by atoms with Crippen LogP contribution in [0.2, 0.25) is 0 Å². The van der Waals surface area contributed by atoms with E-state index in [1.807, 2.05) is 12.1 Å². The largest absolute Gasteiger partial charge is 0.357 e. The van der Waals surface area contributed by atoms with Crippen molar-refractivity contribution in [3.8, 4) is 0 Å². The molecule has 6 nitrogen and oxygen atoms in total. The molecule has 0 aliphatic heterocycles. The van der Waals surface area contributed by atoms with Crippen LogP contribution in [-0.4, -0.2) is 28.5 Å². The molecule has 0 saturated heterocycles. The molecule has 0 aliphatic rings. The molecule has 100 valence electrons. The summed E-state index contributed by atoms with van der Waals surface area (Å²) in [5.41, 5.74) is 3.43. The van der Waals surface area contributed by atoms with Crippen molar-refractivity contribution in [3.05, 3.63) is 42.1 Å². The number of hydrazine groups is 1. The van der Waals surface area contributed by atoms with E-state index >= 15 is 0 Å². The molecule has 0 aliphatic carbocycles. The summed E-state index contributed by atoms with van der Waals surface area (Å²) in [6.45, 7) is 0.627. The first-order valence-electron chi connectivity index (χ1n) is 5.80. The maximum atomic E-state index is 13.6. The Balaban J connectivity index is 2.05. The molecule has 2 heterocycles. The van der Waals surface area contributed by atoms with E-state index in [4.69, 9.17) is 5.84 Å². The lowest BCUT2D eigenvalue weighted by Gasteiger charge is -2.18. The highest BCUT2D eigenvalue weighted by molar-refractivity contribution is 5.42. The molecule has 0 fully saturated rings. The van der Waals surface area contributed by atoms with Crippen molar-refractivity contribution >= 4 is 11.8 Å². The molecule has 0 aromatic carbocycles. The summed E-state index contributed by atoms with van der Waals surface area (Å²) in [5, 5.41) is 0. The maximum absolute atomic E-state index is 13.6. The third-order valence-electron chi connectivity index (χ3n) is 2.70. The zero-order valence-corrected chi connectivity index (χ0v) is 10.5. The van der Waals surface area contributed by atoms with Gasteiger partial charge >= 0.3 is 0 Å². The van der Waals surface area contributed by atoms with E-state index in [1.165, 1.54) is 0 Å². The minimum atomic E-state index is -0.476. The second kappa shape index (κ2) is 6.05. The lowest BCUT2D eigenvalue weighted by molar-refractivity contribution is 0.607. The topological polar surface area (TPSA) is 80.0 Å². The Morgan fingerprint density at radius 2 is 2.11 bits per heavy atom. The SMILES string of the molecule is CN(CCc1ccncc1)c1nc(NN)ncc1F. The minimum Gasteiger partial charge on any atom is -0.357 e. The molecule has 0 amide bonds. The predicted molar refractivity (Wildman–Crippen MR) is 71.0 cm³/mol. The quantitative estimate of drug-likeness (QED) is 0.617. The van der Waals surface area contributed by atoms with Crippen LogP contribution in [0.25, 0.3) is 0 Å². The Kier molecular flexibility index (Phi) is 4.19. The van der Waals surface area contributed by atoms with Gasteiger partial charge in [0.2, 0.25) is 5.95 Å². The molecule has 7 heteroatoms. The fourth-order valence-corrected chi connectivity index (χ4v) is 1.65. The van der Waals surface area contributed by atoms with E-state index in [9.17, 15) is 4.39 Å². The second-order valence-electron chi connectivity index (χ2n) is 4.04. The van der Waals surface area contributed by atoms with Crippen LogP contribution >= 0.6 is 0 Å². The molecular formula is C12H15FN6. The van der Waals surface area contributed by atoms with E-state index in [1.54, 1.807) is 24.3 Å². The third kappa shape index (κ3) is 3.35. The monoisotopic (exact) mass is 262 g/mol. The van der Waals surface area contributed by atoms with Gasteiger partial charge in [0.15, 0.2) is 11.6 Å². The lowest BCUT2D eigenvalue weighted by atomic mass is 10.2. The fourth-order valence-electron chi connectivity index (χ4n) is 1.65. The number of nitrogens with zero attached hydrogens (tertiary/aromatic N) is 4. The molecule has 19 heavy (non-hydrogen) atoms. The van der Waals surface area contributed by atoms with Crippen LogP contribution in [-0.2, 0) is 6.42 Å². The van der Waals surface area contributed by atoms with Crippen LogP contribution in [0.4, 0.5) is 16.2 Å². The molecule has 2 rings (SSSR count). The molecule has 2 aromatic heterocycles. The zero-order valence-electron chi connectivity index (χ0n) is 10.5. The average Bonchev–Trinajstić information content (AvgIpc) is 2.46. The summed E-state index contributed by atoms with van der Waals surface area (Å²) in [5.74, 6) is 5.14. The van der Waals surface area contributed by atoms with E-state index in [0.29, 0.717) is 6.54 Å². The Hall–Kier alpha value is -2.28. The van der Waals surface area contributed by atoms with Crippen molar-refractivity contribution < 1.29 is 4.39 Å². The van der Waals surface area contributed by atoms with E-state index in [2.05, 4.69) is 20.4 Å². The number of hydrogen-bond acceptors (Lipinski definition) is 6. The minimum absolute atomic E-state index is 0.187. The van der Waals surface area contributed by atoms with Gasteiger partial charge in [-0.25, -0.2) is 15.2 Å². The van der Waals surface area contributed by atoms with Gasteiger partial charge in [-0.1, -0.05) is 0 Å². The fraction of sp³-hybridized carbons (Fsp3) is 0.250. The Bertz CT molecular complexity index is 533. The molecule has 2 aromatic rings. The molecule has 0 saturated carbocycles. The number of pyridine rings is 1. The molecule has 0 spiro atoms. The van der Waals surface area contributed by atoms with Crippen molar-refractivity contribution in [2.24, 2.45) is 5.84 Å². The molecule has 0 bridgehead atoms. The summed E-state index contributed by atoms with van der Waals surface area (Å²) in [4.78, 5) is 13.4. The number of nitrogen functional groups attached to an aromatic ring is 1. The molecule has 0 atom stereocenters. The number of nitrogens with one attached hydrogen (secondary N) is 1. The maximum Gasteiger partial charge on any atom is 0.239 e. The standard InChI is InChI=1S/C12H15FN6/c1-19(7-4-9-2-5-15-6-3-9)11-10(13)8-16-12(17-11)18-14/h2-3,5-6,8H,4,7,14H2,1H3,(H,16,17,18). The van der Waals surface area contributed by atoms with Crippen LogP contribution in [0.15, 0.2) is 30.7 Å². The van der Waals surface area contributed by atoms with Gasteiger partial charge in [-0.2, -0.15) is 4.98 Å². The second-order valence-corrected chi connectivity index (χ2v) is 4.04. The third-order valence-corrected chi connectivity index (χ3v) is 2.70. The summed E-state index contributed by atoms with van der Waals surface area (Å²) >= 11 is 0. The van der Waals surface area contributed by atoms with E-state index < -0.39 is 5.82 Å². The number of anilines is 2. The first-order chi connectivity index (χ1) is 9.20. The highest BCUT2D eigenvalue weighted by Gasteiger charge is 2.11. The number of nitrogens with two attached hydrogens (primary N) is 1. The van der Waals surface area contributed by atoms with Gasteiger partial charge < -0.3 is 4.90 Å². The van der Waals surface area contributed by atoms with Gasteiger partial charge in [-0.3, -0.25) is 10.4 Å². The summed E-state index contributed by atoms with van der Waals surface area (Å²) in [6, 6.07) is 3.86. The highest BCUT2D eigenvalue weighted by atomic mass is 19.1. The molecular weight excluding hydrogens is 247 g/mol. The normalized spacial score (nSPS) is 10.3. The Morgan fingerprint density at radius 3 is 2.79 bits per heavy atom. The van der Waals surface area contributed by atoms with E-state index in [-0.39, 0.29) is 11.8 Å². The zero-order chi connectivity index (χ0) is 13.7. The number of rotatable bonds is 5. The molecule has 3 N–H and O–H groups in total. The highest BCUT2D eigenvalue weighted by Crippen LogP contribution is 2.15. The number of hydrogen-bond donors (Lipinski definition) is 2. The Labute approximate surface area is 110 Å². The van der Waals surface area contributed by atoms with Crippen LogP contribution in [0.3, 0.4) is 0 Å². The molecule has 0 radical (unpaired) electrons. The van der Waals surface area contributed by atoms with Gasteiger partial charge in [-0.15, -0.1) is 0 Å². The first-order valence-corrected chi connectivity index (χ1v) is 5.80. The van der Waals surface area contributed by atoms with Gasteiger partial charge in [0.1, 0.15) is 0 Å². The Morgan fingerprint density at radius 1 is 1.37 bits per heavy atom. The van der Waals surface area contributed by atoms with Crippen molar-refractivity contribution in [3.63, 3.8) is 0 Å². The summed E-state index contributed by atoms with van der Waals surface area (Å²) in [6.07, 6.45) is 5.34. The summed E-state index contributed by atoms with van der Waals surface area (Å²) < 4.78 is 13.6. The van der Waals surface area contributed by atoms with Gasteiger partial charge in [-0.05, 0) is 24.1 Å². The van der Waals surface area contributed by atoms with Crippen molar-refractivity contribution in [2.75, 3.05) is 23.9 Å². The van der Waals surface area contributed by atoms with Crippen molar-refractivity contribution in [1.82, 2.24) is 15.0 Å². The summed E-state index contributed by atoms with van der Waals surface area (Å²) in [7, 11) is 1.77. The van der Waals surface area contributed by atoms with Gasteiger partial charge in [0.25, 0.3) is 0 Å². The smallest absolute Gasteiger partial charge is 0.239 e. The van der Waals surface area contributed by atoms with Crippen LogP contribution in [0.5, 0.6) is 0 Å². The first kappa shape index (κ1) is 13.2. The van der Waals surface area contributed by atoms with Crippen molar-refractivity contribution in [2.45, 2.75) is 6.42 Å². The number of likely N-dealkylation sites (N-methyl/N-ethyl adjacent to an activating group) is 1. The molecule has 0 unspecified atom stereocenters. The van der Waals surface area contributed by atoms with Crippen molar-refractivity contribution in [1.29, 1.82) is 0 Å². The predicted octanol–water partition coefficient (Wildman–Crippen LogP) is 0.975. The van der Waals surface area contributed by atoms with Crippen LogP contribution < -0.4 is 16.2 Å². The van der Waals surface area contributed by atoms with Gasteiger partial charge in [0.05, 0.1) is 6.20 Å². The average molecular weight is 262 g/mol. The van der Waals surface area contributed by atoms with Crippen LogP contribution in [0, 0.1) is 5.82 Å². The number of halogens is 1. The van der Waals surface area contributed by atoms with Crippen LogP contribution in [0.1, 0.15) is 5.56 Å². The van der Waals surface area contributed by atoms with Gasteiger partial charge in [0, 0.05) is 26.0 Å². The number of aromatic nitrogens is 3. The lowest BCUT2D eigenvalue weighted by Crippen LogP contribution is -2.24. The van der Waals surface area contributed by atoms with E-state index in [0.717, 1.165) is 18.2 Å².